The van der Waals surface area contributed by atoms with Gasteiger partial charge < -0.3 is 50.1 Å². The Labute approximate surface area is 248 Å². The van der Waals surface area contributed by atoms with Crippen LogP contribution < -0.4 is 40.6 Å². The molecule has 1 amide bonds. The molecule has 0 aromatic heterocycles. The maximum atomic E-state index is 12.4. The lowest BCUT2D eigenvalue weighted by Gasteiger charge is -2.18. The second kappa shape index (κ2) is 20.9. The Balaban J connectivity index is 0.00000760. The van der Waals surface area contributed by atoms with E-state index < -0.39 is 11.9 Å². The van der Waals surface area contributed by atoms with E-state index in [2.05, 4.69) is 10.5 Å². The lowest BCUT2D eigenvalue weighted by Crippen LogP contribution is -3.00. The molecular formula is C28H41Cl2N3O7. The summed E-state index contributed by atoms with van der Waals surface area (Å²) in [6.07, 6.45) is 2.42. The number of amides is 1. The van der Waals surface area contributed by atoms with Crippen molar-refractivity contribution in [1.82, 2.24) is 5.06 Å². The molecule has 0 radical (unpaired) electrons. The van der Waals surface area contributed by atoms with Crippen molar-refractivity contribution >= 4 is 17.8 Å². The maximum Gasteiger partial charge on any atom is 0.364 e. The first-order valence-corrected chi connectivity index (χ1v) is 12.9. The number of rotatable bonds is 17. The number of methoxy groups -OCH3 is 2. The second-order valence-electron chi connectivity index (χ2n) is 9.19. The van der Waals surface area contributed by atoms with Crippen LogP contribution in [0.25, 0.3) is 0 Å². The van der Waals surface area contributed by atoms with E-state index in [9.17, 15) is 19.6 Å². The third-order valence-corrected chi connectivity index (χ3v) is 6.09. The monoisotopic (exact) mass is 601 g/mol. The van der Waals surface area contributed by atoms with Crippen LogP contribution in [0.15, 0.2) is 54.6 Å². The van der Waals surface area contributed by atoms with Crippen LogP contribution in [-0.2, 0) is 36.9 Å². The largest absolute Gasteiger partial charge is 1.00 e. The first-order valence-electron chi connectivity index (χ1n) is 12.9. The Kier molecular flexibility index (Phi) is 19.4. The van der Waals surface area contributed by atoms with Gasteiger partial charge in [-0.05, 0) is 29.7 Å². The van der Waals surface area contributed by atoms with Gasteiger partial charge in [-0.2, -0.15) is 0 Å². The molecule has 0 unspecified atom stereocenters. The molecule has 224 valence electrons. The number of carbonyl (C=O) groups excluding carboxylic acids is 3. The molecule has 2 atom stereocenters. The molecule has 0 aliphatic rings. The number of nitrogens with zero attached hydrogens (tertiary/aromatic N) is 1. The Morgan fingerprint density at radius 1 is 0.925 bits per heavy atom. The third kappa shape index (κ3) is 14.5. The van der Waals surface area contributed by atoms with Gasteiger partial charge >= 0.3 is 11.9 Å². The van der Waals surface area contributed by atoms with E-state index in [-0.39, 0.29) is 62.2 Å². The maximum absolute atomic E-state index is 12.4. The normalized spacial score (nSPS) is 11.7. The van der Waals surface area contributed by atoms with E-state index >= 15 is 0 Å². The van der Waals surface area contributed by atoms with Gasteiger partial charge in [-0.25, -0.2) is 9.86 Å². The van der Waals surface area contributed by atoms with Gasteiger partial charge in [0.05, 0.1) is 20.8 Å². The highest BCUT2D eigenvalue weighted by Gasteiger charge is 2.23. The summed E-state index contributed by atoms with van der Waals surface area (Å²) in [5.74, 6) is -0.319. The number of ether oxygens (including phenoxy) is 3. The second-order valence-corrected chi connectivity index (χ2v) is 9.19. The minimum atomic E-state index is -0.454. The number of carbonyl (C=O) groups is 3. The lowest BCUT2D eigenvalue weighted by atomic mass is 10.1. The summed E-state index contributed by atoms with van der Waals surface area (Å²) in [7, 11) is 2.64. The lowest BCUT2D eigenvalue weighted by molar-refractivity contribution is -0.679. The van der Waals surface area contributed by atoms with Crippen LogP contribution in [0.4, 0.5) is 0 Å². The van der Waals surface area contributed by atoms with Gasteiger partial charge in [-0.1, -0.05) is 42.5 Å². The Morgan fingerprint density at radius 2 is 1.60 bits per heavy atom. The fourth-order valence-corrected chi connectivity index (χ4v) is 3.96. The average molecular weight is 603 g/mol. The molecule has 10 nitrogen and oxygen atoms in total. The van der Waals surface area contributed by atoms with Gasteiger partial charge in [0.25, 0.3) is 0 Å². The fraction of sp³-hybridized carbons (Fsp3) is 0.464. The summed E-state index contributed by atoms with van der Waals surface area (Å²) in [5.41, 5.74) is 6.21. The average Bonchev–Trinajstić information content (AvgIpc) is 2.93. The number of esters is 2. The van der Waals surface area contributed by atoms with Crippen molar-refractivity contribution in [1.29, 1.82) is 0 Å². The van der Waals surface area contributed by atoms with E-state index in [4.69, 9.17) is 9.47 Å². The predicted octanol–water partition coefficient (Wildman–Crippen LogP) is -5.13. The van der Waals surface area contributed by atoms with Crippen molar-refractivity contribution in [2.45, 2.75) is 57.2 Å². The highest BCUT2D eigenvalue weighted by atomic mass is 35.5. The van der Waals surface area contributed by atoms with Gasteiger partial charge in [0.1, 0.15) is 24.9 Å². The smallest absolute Gasteiger partial charge is 0.364 e. The molecule has 2 aromatic carbocycles. The summed E-state index contributed by atoms with van der Waals surface area (Å²) >= 11 is 0. The Hall–Kier alpha value is -2.89. The molecule has 12 heteroatoms. The Morgan fingerprint density at radius 3 is 2.23 bits per heavy atom. The van der Waals surface area contributed by atoms with Crippen LogP contribution in [0.1, 0.15) is 43.2 Å². The molecular weight excluding hydrogens is 561 g/mol. The van der Waals surface area contributed by atoms with Crippen molar-refractivity contribution < 1.29 is 69.7 Å². The van der Waals surface area contributed by atoms with Gasteiger partial charge in [0.15, 0.2) is 6.04 Å². The van der Waals surface area contributed by atoms with Crippen molar-refractivity contribution in [2.24, 2.45) is 0 Å². The van der Waals surface area contributed by atoms with E-state index in [1.54, 1.807) is 5.32 Å². The molecule has 0 aliphatic carbocycles. The third-order valence-electron chi connectivity index (χ3n) is 6.09. The molecule has 2 aromatic rings. The fourth-order valence-electron chi connectivity index (χ4n) is 3.96. The van der Waals surface area contributed by atoms with E-state index in [0.717, 1.165) is 21.9 Å². The van der Waals surface area contributed by atoms with Crippen LogP contribution in [0.5, 0.6) is 5.75 Å². The van der Waals surface area contributed by atoms with Gasteiger partial charge in [-0.3, -0.25) is 14.8 Å². The van der Waals surface area contributed by atoms with Gasteiger partial charge in [-0.15, -0.1) is 0 Å². The minimum absolute atomic E-state index is 0. The number of benzene rings is 2. The molecule has 6 N–H and O–H groups in total. The van der Waals surface area contributed by atoms with E-state index in [1.165, 1.54) is 14.2 Å². The molecule has 0 spiro atoms. The van der Waals surface area contributed by atoms with Gasteiger partial charge in [0, 0.05) is 32.1 Å². The molecule has 0 bridgehead atoms. The summed E-state index contributed by atoms with van der Waals surface area (Å²) in [5, 5.41) is 12.7. The number of halogens is 2. The first-order chi connectivity index (χ1) is 18.3. The molecule has 0 saturated carbocycles. The summed E-state index contributed by atoms with van der Waals surface area (Å²) < 4.78 is 15.2. The van der Waals surface area contributed by atoms with Crippen molar-refractivity contribution in [3.05, 3.63) is 65.7 Å². The number of hydroxylamine groups is 2. The van der Waals surface area contributed by atoms with Crippen molar-refractivity contribution in [3.8, 4) is 5.75 Å². The summed E-state index contributed by atoms with van der Waals surface area (Å²) in [6, 6.07) is 17.0. The first kappa shape index (κ1) is 37.1. The highest BCUT2D eigenvalue weighted by Crippen LogP contribution is 2.15. The van der Waals surface area contributed by atoms with E-state index in [0.29, 0.717) is 38.8 Å². The zero-order valence-corrected chi connectivity index (χ0v) is 24.6. The summed E-state index contributed by atoms with van der Waals surface area (Å²) in [6.45, 7) is 1.12. The number of quaternary nitrogens is 2. The van der Waals surface area contributed by atoms with Gasteiger partial charge in [0.2, 0.25) is 5.91 Å². The van der Waals surface area contributed by atoms with Crippen LogP contribution >= 0.6 is 0 Å². The van der Waals surface area contributed by atoms with Crippen LogP contribution in [-0.4, -0.2) is 67.5 Å². The zero-order chi connectivity index (χ0) is 27.8. The zero-order valence-electron chi connectivity index (χ0n) is 23.1. The number of hydrogen-bond donors (Lipinski definition) is 3. The van der Waals surface area contributed by atoms with Crippen molar-refractivity contribution in [2.75, 3.05) is 27.3 Å². The van der Waals surface area contributed by atoms with Crippen LogP contribution in [0.2, 0.25) is 0 Å². The number of nitrogens with two attached hydrogens (primary N) is 1. The molecule has 0 aliphatic heterocycles. The van der Waals surface area contributed by atoms with Crippen LogP contribution in [0.3, 0.4) is 0 Å². The molecule has 40 heavy (non-hydrogen) atoms. The highest BCUT2D eigenvalue weighted by molar-refractivity contribution is 5.75. The topological polar surface area (TPSA) is 147 Å². The Bertz CT molecular complexity index is 997. The standard InChI is InChI=1S/C28H39N3O7.2ClH/c1-36-27(33)12-6-10-25(28(34)37-2)30-17-7-11-26(32)31(35)19-23(29)18-21-13-15-24(16-14-21)38-20-22-8-4-3-5-9-22;;/h3-5,8-9,13-16,23,25,30,35H,6-7,10-12,17-20,29H2,1-2H3;2*1H/t23-,25-;;/m0../s1. The van der Waals surface area contributed by atoms with E-state index in [1.807, 2.05) is 54.6 Å². The minimum Gasteiger partial charge on any atom is -1.00 e. The molecule has 0 heterocycles. The predicted molar refractivity (Wildman–Crippen MR) is 139 cm³/mol. The number of hydrogen-bond acceptors (Lipinski definition) is 7. The quantitative estimate of drug-likeness (QED) is 0.0711. The van der Waals surface area contributed by atoms with Crippen LogP contribution in [0, 0.1) is 0 Å². The molecule has 0 fully saturated rings. The van der Waals surface area contributed by atoms with Crippen molar-refractivity contribution in [3.63, 3.8) is 0 Å². The SMILES string of the molecule is COC(=O)CCC[C@H]([NH2+]CCCC(=O)N(O)C[C@@H]([NH3+])Cc1ccc(OCc2ccccc2)cc1)C(=O)OC.[Cl-].[Cl-]. The molecule has 2 rings (SSSR count). The summed E-state index contributed by atoms with van der Waals surface area (Å²) in [4.78, 5) is 35.6. The molecule has 0 saturated heterocycles.